The summed E-state index contributed by atoms with van der Waals surface area (Å²) < 4.78 is 0. The SMILES string of the molecule is CC1=C(C)C[C@@H]2C(O)[C@@H]3CC(C)=C(C)C[C@H]3C[C@H]2C1. The second kappa shape index (κ2) is 4.77. The van der Waals surface area contributed by atoms with Crippen molar-refractivity contribution in [3.63, 3.8) is 0 Å². The standard InChI is InChI=1S/C18H28O/c1-10-5-14-9-15-6-11(2)13(4)8-17(15)18(19)16(14)7-12(10)3/h14-19H,5-9H2,1-4H3/t14-,15+,16+,17-,18?. The molecule has 0 bridgehead atoms. The van der Waals surface area contributed by atoms with Crippen molar-refractivity contribution in [2.75, 3.05) is 0 Å². The Morgan fingerprint density at radius 3 is 1.47 bits per heavy atom. The molecular formula is C18H28O. The van der Waals surface area contributed by atoms with Gasteiger partial charge >= 0.3 is 0 Å². The van der Waals surface area contributed by atoms with Gasteiger partial charge in [-0.1, -0.05) is 22.3 Å². The highest BCUT2D eigenvalue weighted by Gasteiger charge is 2.46. The van der Waals surface area contributed by atoms with Gasteiger partial charge in [0.1, 0.15) is 0 Å². The summed E-state index contributed by atoms with van der Waals surface area (Å²) in [6.45, 7) is 9.11. The lowest BCUT2D eigenvalue weighted by molar-refractivity contribution is -0.0524. The minimum absolute atomic E-state index is 0.0603. The summed E-state index contributed by atoms with van der Waals surface area (Å²) in [5.41, 5.74) is 6.26. The van der Waals surface area contributed by atoms with Crippen LogP contribution in [0.25, 0.3) is 0 Å². The predicted octanol–water partition coefficient (Wildman–Crippen LogP) is 4.48. The van der Waals surface area contributed by atoms with E-state index < -0.39 is 0 Å². The fourth-order valence-electron chi connectivity index (χ4n) is 4.85. The summed E-state index contributed by atoms with van der Waals surface area (Å²) in [7, 11) is 0. The molecule has 0 amide bonds. The molecule has 5 atom stereocenters. The Morgan fingerprint density at radius 2 is 1.05 bits per heavy atom. The monoisotopic (exact) mass is 260 g/mol. The predicted molar refractivity (Wildman–Crippen MR) is 79.8 cm³/mol. The number of aliphatic hydroxyl groups is 1. The fourth-order valence-corrected chi connectivity index (χ4v) is 4.85. The summed E-state index contributed by atoms with van der Waals surface area (Å²) in [5, 5.41) is 10.9. The van der Waals surface area contributed by atoms with Crippen LogP contribution in [0.3, 0.4) is 0 Å². The van der Waals surface area contributed by atoms with Crippen LogP contribution in [0.5, 0.6) is 0 Å². The molecule has 3 rings (SSSR count). The third kappa shape index (κ3) is 2.20. The largest absolute Gasteiger partial charge is 0.393 e. The van der Waals surface area contributed by atoms with E-state index in [-0.39, 0.29) is 6.10 Å². The smallest absolute Gasteiger partial charge is 0.0608 e. The Labute approximate surface area is 117 Å². The zero-order valence-corrected chi connectivity index (χ0v) is 12.9. The highest BCUT2D eigenvalue weighted by molar-refractivity contribution is 5.21. The zero-order valence-electron chi connectivity index (χ0n) is 12.9. The van der Waals surface area contributed by atoms with E-state index in [0.717, 1.165) is 24.7 Å². The van der Waals surface area contributed by atoms with Gasteiger partial charge in [0.2, 0.25) is 0 Å². The minimum Gasteiger partial charge on any atom is -0.393 e. The van der Waals surface area contributed by atoms with Gasteiger partial charge in [0.05, 0.1) is 6.10 Å². The molecule has 0 saturated heterocycles. The van der Waals surface area contributed by atoms with Crippen molar-refractivity contribution in [1.82, 2.24) is 0 Å². The van der Waals surface area contributed by atoms with E-state index in [1.54, 1.807) is 11.1 Å². The molecule has 0 radical (unpaired) electrons. The first-order valence-electron chi connectivity index (χ1n) is 7.96. The first kappa shape index (κ1) is 13.4. The first-order valence-corrected chi connectivity index (χ1v) is 7.96. The van der Waals surface area contributed by atoms with E-state index in [0.29, 0.717) is 11.8 Å². The number of aliphatic hydroxyl groups excluding tert-OH is 1. The molecule has 0 aromatic carbocycles. The van der Waals surface area contributed by atoms with Gasteiger partial charge in [-0.3, -0.25) is 0 Å². The average Bonchev–Trinajstić information content (AvgIpc) is 2.35. The second-order valence-corrected chi connectivity index (χ2v) is 7.51. The van der Waals surface area contributed by atoms with Gasteiger partial charge < -0.3 is 5.11 Å². The van der Waals surface area contributed by atoms with Crippen LogP contribution in [0.4, 0.5) is 0 Å². The Balaban J connectivity index is 1.85. The Morgan fingerprint density at radius 1 is 0.684 bits per heavy atom. The van der Waals surface area contributed by atoms with Crippen LogP contribution < -0.4 is 0 Å². The van der Waals surface area contributed by atoms with Crippen LogP contribution in [0.15, 0.2) is 22.3 Å². The molecule has 0 heterocycles. The van der Waals surface area contributed by atoms with Crippen LogP contribution in [-0.4, -0.2) is 11.2 Å². The van der Waals surface area contributed by atoms with Crippen LogP contribution in [-0.2, 0) is 0 Å². The van der Waals surface area contributed by atoms with E-state index >= 15 is 0 Å². The molecule has 0 aliphatic heterocycles. The van der Waals surface area contributed by atoms with Gasteiger partial charge in [-0.25, -0.2) is 0 Å². The van der Waals surface area contributed by atoms with Gasteiger partial charge in [0, 0.05) is 0 Å². The van der Waals surface area contributed by atoms with Crippen molar-refractivity contribution in [3.05, 3.63) is 22.3 Å². The maximum absolute atomic E-state index is 10.9. The number of allylic oxidation sites excluding steroid dienone is 4. The zero-order chi connectivity index (χ0) is 13.7. The van der Waals surface area contributed by atoms with Crippen LogP contribution >= 0.6 is 0 Å². The van der Waals surface area contributed by atoms with Crippen molar-refractivity contribution in [2.45, 2.75) is 65.9 Å². The maximum atomic E-state index is 10.9. The third-order valence-electron chi connectivity index (χ3n) is 6.37. The van der Waals surface area contributed by atoms with Crippen molar-refractivity contribution < 1.29 is 5.11 Å². The van der Waals surface area contributed by atoms with Crippen LogP contribution in [0.2, 0.25) is 0 Å². The molecule has 106 valence electrons. The first-order chi connectivity index (χ1) is 8.97. The second-order valence-electron chi connectivity index (χ2n) is 7.51. The lowest BCUT2D eigenvalue weighted by Crippen LogP contribution is -2.46. The van der Waals surface area contributed by atoms with Gasteiger partial charge in [0.25, 0.3) is 0 Å². The lowest BCUT2D eigenvalue weighted by atomic mass is 9.57. The fraction of sp³-hybridized carbons (Fsp3) is 0.778. The highest BCUT2D eigenvalue weighted by atomic mass is 16.3. The van der Waals surface area contributed by atoms with Crippen molar-refractivity contribution >= 4 is 0 Å². The molecule has 3 aliphatic carbocycles. The van der Waals surface area contributed by atoms with Gasteiger partial charge in [-0.2, -0.15) is 0 Å². The number of hydrogen-bond acceptors (Lipinski definition) is 1. The summed E-state index contributed by atoms with van der Waals surface area (Å²) in [5.74, 6) is 2.56. The Kier molecular flexibility index (Phi) is 3.37. The van der Waals surface area contributed by atoms with Crippen molar-refractivity contribution in [2.24, 2.45) is 23.7 Å². The van der Waals surface area contributed by atoms with Gasteiger partial charge in [-0.05, 0) is 83.5 Å². The summed E-state index contributed by atoms with van der Waals surface area (Å²) >= 11 is 0. The van der Waals surface area contributed by atoms with E-state index in [9.17, 15) is 5.11 Å². The Hall–Kier alpha value is -0.560. The third-order valence-corrected chi connectivity index (χ3v) is 6.37. The topological polar surface area (TPSA) is 20.2 Å². The molecule has 19 heavy (non-hydrogen) atoms. The summed E-state index contributed by atoms with van der Waals surface area (Å²) in [6, 6.07) is 0. The molecule has 0 spiro atoms. The molecule has 1 saturated carbocycles. The van der Waals surface area contributed by atoms with Crippen molar-refractivity contribution in [1.29, 1.82) is 0 Å². The van der Waals surface area contributed by atoms with Gasteiger partial charge in [-0.15, -0.1) is 0 Å². The van der Waals surface area contributed by atoms with Gasteiger partial charge in [0.15, 0.2) is 0 Å². The molecule has 0 aromatic heterocycles. The number of fused-ring (bicyclic) bond motifs is 2. The Bertz CT molecular complexity index is 403. The molecule has 0 aromatic rings. The average molecular weight is 260 g/mol. The quantitative estimate of drug-likeness (QED) is 0.637. The highest BCUT2D eigenvalue weighted by Crippen LogP contribution is 2.51. The van der Waals surface area contributed by atoms with Crippen molar-refractivity contribution in [3.8, 4) is 0 Å². The summed E-state index contributed by atoms with van der Waals surface area (Å²) in [6.07, 6.45) is 6.04. The minimum atomic E-state index is -0.0603. The van der Waals surface area contributed by atoms with Crippen LogP contribution in [0.1, 0.15) is 59.8 Å². The molecule has 3 aliphatic rings. The number of rotatable bonds is 0. The molecule has 1 fully saturated rings. The molecule has 1 heteroatoms. The normalized spacial score (nSPS) is 43.1. The van der Waals surface area contributed by atoms with E-state index in [1.165, 1.54) is 30.4 Å². The molecular weight excluding hydrogens is 232 g/mol. The molecule has 1 N–H and O–H groups in total. The summed E-state index contributed by atoms with van der Waals surface area (Å²) in [4.78, 5) is 0. The van der Waals surface area contributed by atoms with Crippen LogP contribution in [0, 0.1) is 23.7 Å². The maximum Gasteiger partial charge on any atom is 0.0608 e. The number of hydrogen-bond donors (Lipinski definition) is 1. The van der Waals surface area contributed by atoms with E-state index in [2.05, 4.69) is 27.7 Å². The van der Waals surface area contributed by atoms with E-state index in [4.69, 9.17) is 0 Å². The lowest BCUT2D eigenvalue weighted by Gasteiger charge is -2.50. The molecule has 1 unspecified atom stereocenters. The molecule has 1 nitrogen and oxygen atoms in total. The van der Waals surface area contributed by atoms with E-state index in [1.807, 2.05) is 0 Å².